The maximum absolute atomic E-state index is 10.9. The fourth-order valence-electron chi connectivity index (χ4n) is 0.521. The summed E-state index contributed by atoms with van der Waals surface area (Å²) in [6.07, 6.45) is 1.37. The van der Waals surface area contributed by atoms with Gasteiger partial charge in [-0.2, -0.15) is 0 Å². The SMILES string of the molecule is C=C(Br)CNC(=O)NC(=O)/C=C/C(=O)O. The van der Waals surface area contributed by atoms with Crippen molar-refractivity contribution < 1.29 is 19.5 Å². The second-order valence-corrected chi connectivity index (χ2v) is 3.48. The van der Waals surface area contributed by atoms with E-state index in [0.29, 0.717) is 10.6 Å². The van der Waals surface area contributed by atoms with E-state index in [0.717, 1.165) is 6.08 Å². The summed E-state index contributed by atoms with van der Waals surface area (Å²) >= 11 is 3.01. The Morgan fingerprint density at radius 2 is 1.93 bits per heavy atom. The molecule has 15 heavy (non-hydrogen) atoms. The van der Waals surface area contributed by atoms with Gasteiger partial charge in [-0.05, 0) is 0 Å². The highest BCUT2D eigenvalue weighted by molar-refractivity contribution is 9.11. The highest BCUT2D eigenvalue weighted by Gasteiger charge is 2.03. The lowest BCUT2D eigenvalue weighted by Crippen LogP contribution is -2.39. The van der Waals surface area contributed by atoms with Crippen molar-refractivity contribution in [1.82, 2.24) is 10.6 Å². The fraction of sp³-hybridized carbons (Fsp3) is 0.125. The van der Waals surface area contributed by atoms with Crippen LogP contribution < -0.4 is 10.6 Å². The molecule has 0 spiro atoms. The molecule has 0 aliphatic carbocycles. The topological polar surface area (TPSA) is 95.5 Å². The van der Waals surface area contributed by atoms with E-state index in [1.54, 1.807) is 0 Å². The third-order valence-electron chi connectivity index (χ3n) is 1.05. The Morgan fingerprint density at radius 3 is 2.40 bits per heavy atom. The lowest BCUT2D eigenvalue weighted by molar-refractivity contribution is -0.131. The molecule has 0 fully saturated rings. The van der Waals surface area contributed by atoms with E-state index < -0.39 is 17.9 Å². The number of hydrogen-bond donors (Lipinski definition) is 3. The van der Waals surface area contributed by atoms with Crippen molar-refractivity contribution in [2.75, 3.05) is 6.54 Å². The van der Waals surface area contributed by atoms with Crippen molar-refractivity contribution >= 4 is 33.8 Å². The van der Waals surface area contributed by atoms with Gasteiger partial charge >= 0.3 is 12.0 Å². The Bertz CT molecular complexity index is 325. The number of hydrogen-bond acceptors (Lipinski definition) is 3. The number of halogens is 1. The van der Waals surface area contributed by atoms with Crippen LogP contribution in [0.4, 0.5) is 4.79 Å². The van der Waals surface area contributed by atoms with Crippen molar-refractivity contribution in [3.63, 3.8) is 0 Å². The molecule has 0 atom stereocenters. The lowest BCUT2D eigenvalue weighted by atomic mass is 10.5. The Balaban J connectivity index is 3.92. The summed E-state index contributed by atoms with van der Waals surface area (Å²) in [5.41, 5.74) is 0. The maximum Gasteiger partial charge on any atom is 0.328 e. The van der Waals surface area contributed by atoms with E-state index in [9.17, 15) is 14.4 Å². The van der Waals surface area contributed by atoms with Gasteiger partial charge in [0.15, 0.2) is 0 Å². The van der Waals surface area contributed by atoms with Crippen molar-refractivity contribution in [1.29, 1.82) is 0 Å². The van der Waals surface area contributed by atoms with Gasteiger partial charge in [0.2, 0.25) is 0 Å². The standard InChI is InChI=1S/C8H9BrN2O4/c1-5(9)4-10-8(15)11-6(12)2-3-7(13)14/h2-3H,1,4H2,(H,13,14)(H2,10,11,12,15)/b3-2+. The van der Waals surface area contributed by atoms with Crippen LogP contribution in [-0.4, -0.2) is 29.6 Å². The van der Waals surface area contributed by atoms with E-state index in [2.05, 4.69) is 27.8 Å². The largest absolute Gasteiger partial charge is 0.478 e. The van der Waals surface area contributed by atoms with Gasteiger partial charge < -0.3 is 10.4 Å². The number of rotatable bonds is 4. The Kier molecular flexibility index (Phi) is 6.03. The summed E-state index contributed by atoms with van der Waals surface area (Å²) in [7, 11) is 0. The second kappa shape index (κ2) is 6.77. The highest BCUT2D eigenvalue weighted by atomic mass is 79.9. The third kappa shape index (κ3) is 8.69. The van der Waals surface area contributed by atoms with Crippen LogP contribution >= 0.6 is 15.9 Å². The number of amides is 3. The second-order valence-electron chi connectivity index (χ2n) is 2.36. The van der Waals surface area contributed by atoms with Crippen molar-refractivity contribution in [2.24, 2.45) is 0 Å². The minimum atomic E-state index is -1.26. The molecule has 0 unspecified atom stereocenters. The van der Waals surface area contributed by atoms with Crippen LogP contribution in [0.25, 0.3) is 0 Å². The van der Waals surface area contributed by atoms with Crippen LogP contribution in [0.3, 0.4) is 0 Å². The highest BCUT2D eigenvalue weighted by Crippen LogP contribution is 1.95. The van der Waals surface area contributed by atoms with Gasteiger partial charge in [-0.3, -0.25) is 10.1 Å². The van der Waals surface area contributed by atoms with Crippen LogP contribution in [0.2, 0.25) is 0 Å². The predicted molar refractivity (Wildman–Crippen MR) is 56.4 cm³/mol. The van der Waals surface area contributed by atoms with Crippen LogP contribution in [-0.2, 0) is 9.59 Å². The Hall–Kier alpha value is -1.63. The lowest BCUT2D eigenvalue weighted by Gasteiger charge is -2.02. The zero-order valence-electron chi connectivity index (χ0n) is 7.62. The zero-order chi connectivity index (χ0) is 11.8. The maximum atomic E-state index is 10.9. The predicted octanol–water partition coefficient (Wildman–Crippen LogP) is 0.362. The number of carbonyl (C=O) groups is 3. The molecular weight excluding hydrogens is 268 g/mol. The van der Waals surface area contributed by atoms with Crippen LogP contribution in [0.1, 0.15) is 0 Å². The average Bonchev–Trinajstić information content (AvgIpc) is 2.11. The summed E-state index contributed by atoms with van der Waals surface area (Å²) in [5.74, 6) is -2.07. The van der Waals surface area contributed by atoms with E-state index in [1.165, 1.54) is 0 Å². The smallest absolute Gasteiger partial charge is 0.328 e. The molecule has 0 aromatic carbocycles. The van der Waals surface area contributed by atoms with Crippen LogP contribution in [0, 0.1) is 0 Å². The zero-order valence-corrected chi connectivity index (χ0v) is 9.20. The molecule has 0 saturated heterocycles. The number of imide groups is 1. The molecule has 82 valence electrons. The van der Waals surface area contributed by atoms with Gasteiger partial charge in [0.1, 0.15) is 0 Å². The first kappa shape index (κ1) is 13.4. The molecule has 0 radical (unpaired) electrons. The van der Waals surface area contributed by atoms with Crippen molar-refractivity contribution in [2.45, 2.75) is 0 Å². The average molecular weight is 277 g/mol. The minimum absolute atomic E-state index is 0.168. The van der Waals surface area contributed by atoms with Crippen molar-refractivity contribution in [3.05, 3.63) is 23.2 Å². The first-order valence-corrected chi connectivity index (χ1v) is 4.54. The number of nitrogens with one attached hydrogen (secondary N) is 2. The number of carboxylic acid groups (broad SMARTS) is 1. The number of urea groups is 1. The van der Waals surface area contributed by atoms with Gasteiger partial charge in [-0.15, -0.1) is 0 Å². The number of carbonyl (C=O) groups excluding carboxylic acids is 2. The monoisotopic (exact) mass is 276 g/mol. The van der Waals surface area contributed by atoms with Gasteiger partial charge in [0, 0.05) is 16.6 Å². The summed E-state index contributed by atoms with van der Waals surface area (Å²) in [6, 6.07) is -0.726. The molecule has 0 heterocycles. The third-order valence-corrected chi connectivity index (χ3v) is 1.34. The Morgan fingerprint density at radius 1 is 1.33 bits per heavy atom. The molecular formula is C8H9BrN2O4. The van der Waals surface area contributed by atoms with E-state index in [-0.39, 0.29) is 6.54 Å². The molecule has 0 aromatic heterocycles. The summed E-state index contributed by atoms with van der Waals surface area (Å²) in [4.78, 5) is 31.8. The van der Waals surface area contributed by atoms with Crippen LogP contribution in [0.5, 0.6) is 0 Å². The van der Waals surface area contributed by atoms with E-state index in [1.807, 2.05) is 5.32 Å². The molecule has 0 rings (SSSR count). The van der Waals surface area contributed by atoms with Crippen LogP contribution in [0.15, 0.2) is 23.2 Å². The summed E-state index contributed by atoms with van der Waals surface area (Å²) in [6.45, 7) is 3.63. The summed E-state index contributed by atoms with van der Waals surface area (Å²) < 4.78 is 0.547. The molecule has 3 amide bonds. The molecule has 0 aliphatic heterocycles. The molecule has 0 aromatic rings. The van der Waals surface area contributed by atoms with Gasteiger partial charge in [0.25, 0.3) is 5.91 Å². The normalized spacial score (nSPS) is 9.67. The number of aliphatic carboxylic acids is 1. The van der Waals surface area contributed by atoms with E-state index >= 15 is 0 Å². The fourth-order valence-corrected chi connectivity index (χ4v) is 0.661. The molecule has 0 bridgehead atoms. The van der Waals surface area contributed by atoms with Crippen molar-refractivity contribution in [3.8, 4) is 0 Å². The molecule has 0 aliphatic rings. The first-order valence-electron chi connectivity index (χ1n) is 3.75. The Labute approximate surface area is 94.2 Å². The minimum Gasteiger partial charge on any atom is -0.478 e. The molecule has 0 saturated carbocycles. The molecule has 7 heteroatoms. The molecule has 6 nitrogen and oxygen atoms in total. The van der Waals surface area contributed by atoms with Gasteiger partial charge in [-0.1, -0.05) is 22.5 Å². The quantitative estimate of drug-likeness (QED) is 0.646. The molecule has 3 N–H and O–H groups in total. The number of carboxylic acids is 1. The summed E-state index contributed by atoms with van der Waals surface area (Å²) in [5, 5.41) is 12.4. The van der Waals surface area contributed by atoms with E-state index in [4.69, 9.17) is 5.11 Å². The first-order chi connectivity index (χ1) is 6.91. The van der Waals surface area contributed by atoms with Gasteiger partial charge in [0.05, 0.1) is 6.54 Å². The van der Waals surface area contributed by atoms with Gasteiger partial charge in [-0.25, -0.2) is 9.59 Å².